The van der Waals surface area contributed by atoms with E-state index in [9.17, 15) is 9.18 Å². The Balaban J connectivity index is 1.11. The lowest BCUT2D eigenvalue weighted by Crippen LogP contribution is -2.47. The Kier molecular flexibility index (Phi) is 6.60. The van der Waals surface area contributed by atoms with Crippen LogP contribution in [0.4, 0.5) is 10.1 Å². The van der Waals surface area contributed by atoms with Crippen molar-refractivity contribution < 1.29 is 13.9 Å². The van der Waals surface area contributed by atoms with Gasteiger partial charge in [-0.1, -0.05) is 12.1 Å². The second kappa shape index (κ2) is 9.95. The zero-order chi connectivity index (χ0) is 23.5. The average Bonchev–Trinajstić information content (AvgIpc) is 3.28. The van der Waals surface area contributed by atoms with E-state index in [1.807, 2.05) is 36.4 Å². The zero-order valence-corrected chi connectivity index (χ0v) is 19.9. The fraction of sp³-hybridized carbons (Fsp3) is 0.308. The molecule has 0 saturated carbocycles. The summed E-state index contributed by atoms with van der Waals surface area (Å²) in [6.45, 7) is 4.93. The summed E-state index contributed by atoms with van der Waals surface area (Å²) in [5.74, 6) is 0.541. The number of hydrogen-bond donors (Lipinski definition) is 1. The van der Waals surface area contributed by atoms with E-state index in [1.165, 1.54) is 17.4 Å². The predicted molar refractivity (Wildman–Crippen MR) is 136 cm³/mol. The van der Waals surface area contributed by atoms with Crippen molar-refractivity contribution in [1.29, 1.82) is 0 Å². The van der Waals surface area contributed by atoms with Gasteiger partial charge in [-0.05, 0) is 49.4 Å². The molecule has 1 aliphatic heterocycles. The highest BCUT2D eigenvalue weighted by Crippen LogP contribution is 2.29. The van der Waals surface area contributed by atoms with Gasteiger partial charge in [-0.3, -0.25) is 9.69 Å². The summed E-state index contributed by atoms with van der Waals surface area (Å²) in [6.07, 6.45) is 0.873. The van der Waals surface area contributed by atoms with Crippen LogP contribution in [0.15, 0.2) is 54.6 Å². The Morgan fingerprint density at radius 2 is 1.91 bits per heavy atom. The maximum Gasteiger partial charge on any atom is 0.261 e. The van der Waals surface area contributed by atoms with Crippen LogP contribution in [0.1, 0.15) is 16.1 Å². The fourth-order valence-corrected chi connectivity index (χ4v) is 5.30. The maximum absolute atomic E-state index is 14.0. The molecule has 1 aliphatic rings. The molecule has 1 saturated heterocycles. The summed E-state index contributed by atoms with van der Waals surface area (Å²) in [4.78, 5) is 23.4. The number of ether oxygens (including phenoxy) is 1. The summed E-state index contributed by atoms with van der Waals surface area (Å²) in [5, 5.41) is 5.03. The van der Waals surface area contributed by atoms with E-state index >= 15 is 0 Å². The van der Waals surface area contributed by atoms with Crippen LogP contribution in [0, 0.1) is 5.82 Å². The number of thiophene rings is 1. The number of anilines is 1. The Hall–Kier alpha value is -3.23. The first-order valence-corrected chi connectivity index (χ1v) is 12.3. The monoisotopic (exact) mass is 478 g/mol. The van der Waals surface area contributed by atoms with Gasteiger partial charge < -0.3 is 15.0 Å². The van der Waals surface area contributed by atoms with E-state index in [0.29, 0.717) is 17.1 Å². The summed E-state index contributed by atoms with van der Waals surface area (Å²) in [7, 11) is 1.64. The number of pyridine rings is 1. The number of hydrogen-bond acceptors (Lipinski definition) is 6. The van der Waals surface area contributed by atoms with Crippen LogP contribution in [0.5, 0.6) is 5.75 Å². The van der Waals surface area contributed by atoms with Gasteiger partial charge in [0.15, 0.2) is 0 Å². The molecule has 0 bridgehead atoms. The number of benzene rings is 2. The van der Waals surface area contributed by atoms with Crippen molar-refractivity contribution in [2.75, 3.05) is 51.3 Å². The topological polar surface area (TPSA) is 57.7 Å². The Morgan fingerprint density at radius 3 is 2.71 bits per heavy atom. The lowest BCUT2D eigenvalue weighted by Gasteiger charge is -2.36. The molecule has 8 heteroatoms. The van der Waals surface area contributed by atoms with E-state index in [2.05, 4.69) is 21.2 Å². The number of piperazine rings is 1. The normalized spacial score (nSPS) is 14.6. The molecule has 1 fully saturated rings. The van der Waals surface area contributed by atoms with Crippen LogP contribution in [0.25, 0.3) is 21.1 Å². The van der Waals surface area contributed by atoms with Crippen LogP contribution in [0.2, 0.25) is 0 Å². The minimum atomic E-state index is -0.164. The van der Waals surface area contributed by atoms with Crippen molar-refractivity contribution >= 4 is 44.1 Å². The quantitative estimate of drug-likeness (QED) is 0.395. The van der Waals surface area contributed by atoms with E-state index < -0.39 is 0 Å². The number of amides is 1. The molecule has 5 rings (SSSR count). The van der Waals surface area contributed by atoms with Gasteiger partial charge in [-0.2, -0.15) is 0 Å². The number of carbonyl (C=O) groups is 1. The molecule has 1 N–H and O–H groups in total. The average molecular weight is 479 g/mol. The highest BCUT2D eigenvalue weighted by atomic mass is 32.1. The van der Waals surface area contributed by atoms with Gasteiger partial charge in [0.25, 0.3) is 5.91 Å². The molecule has 0 spiro atoms. The van der Waals surface area contributed by atoms with Gasteiger partial charge in [-0.15, -0.1) is 11.3 Å². The summed E-state index contributed by atoms with van der Waals surface area (Å²) >= 11 is 1.41. The van der Waals surface area contributed by atoms with Crippen molar-refractivity contribution in [2.24, 2.45) is 0 Å². The molecular weight excluding hydrogens is 451 g/mol. The number of nitrogens with zero attached hydrogens (tertiary/aromatic N) is 3. The molecule has 176 valence electrons. The maximum atomic E-state index is 14.0. The Labute approximate surface area is 202 Å². The second-order valence-electron chi connectivity index (χ2n) is 8.44. The highest BCUT2D eigenvalue weighted by Gasteiger charge is 2.19. The van der Waals surface area contributed by atoms with Gasteiger partial charge in [0.05, 0.1) is 23.2 Å². The fourth-order valence-electron chi connectivity index (χ4n) is 4.36. The van der Waals surface area contributed by atoms with Crippen molar-refractivity contribution in [2.45, 2.75) is 6.42 Å². The minimum absolute atomic E-state index is 0.0611. The van der Waals surface area contributed by atoms with Crippen LogP contribution in [0.3, 0.4) is 0 Å². The first-order chi connectivity index (χ1) is 16.6. The predicted octanol–water partition coefficient (Wildman–Crippen LogP) is 4.54. The number of aromatic nitrogens is 1. The molecule has 0 aliphatic carbocycles. The van der Waals surface area contributed by atoms with Gasteiger partial charge in [0.1, 0.15) is 16.4 Å². The van der Waals surface area contributed by atoms with Gasteiger partial charge >= 0.3 is 0 Å². The standard InChI is InChI=1S/C26H27FN4O2S/c1-33-20-8-7-18-15-19-16-24(34-26(19)29-22(18)17-20)25(32)28-9-4-10-30-11-13-31(14-12-30)23-6-3-2-5-21(23)27/h2-3,5-8,15-17H,4,9-14H2,1H3,(H,28,32). The van der Waals surface area contributed by atoms with Crippen molar-refractivity contribution in [3.8, 4) is 5.75 Å². The summed E-state index contributed by atoms with van der Waals surface area (Å²) in [6, 6.07) is 16.7. The van der Waals surface area contributed by atoms with Crippen LogP contribution < -0.4 is 15.0 Å². The largest absolute Gasteiger partial charge is 0.497 e. The molecule has 1 amide bonds. The van der Waals surface area contributed by atoms with Gasteiger partial charge in [0, 0.05) is 49.6 Å². The number of fused-ring (bicyclic) bond motifs is 2. The molecular formula is C26H27FN4O2S. The first kappa shape index (κ1) is 22.6. The molecule has 6 nitrogen and oxygen atoms in total. The minimum Gasteiger partial charge on any atom is -0.497 e. The SMILES string of the molecule is COc1ccc2cc3cc(C(=O)NCCCN4CCN(c5ccccc5F)CC4)sc3nc2c1. The van der Waals surface area contributed by atoms with Crippen molar-refractivity contribution in [3.63, 3.8) is 0 Å². The lowest BCUT2D eigenvalue weighted by molar-refractivity contribution is 0.0955. The summed E-state index contributed by atoms with van der Waals surface area (Å²) in [5.41, 5.74) is 1.54. The second-order valence-corrected chi connectivity index (χ2v) is 9.47. The molecule has 0 radical (unpaired) electrons. The molecule has 34 heavy (non-hydrogen) atoms. The number of methoxy groups -OCH3 is 1. The third kappa shape index (κ3) is 4.83. The van der Waals surface area contributed by atoms with E-state index in [-0.39, 0.29) is 11.7 Å². The Bertz CT molecular complexity index is 1320. The zero-order valence-electron chi connectivity index (χ0n) is 19.1. The molecule has 2 aromatic heterocycles. The van der Waals surface area contributed by atoms with Crippen LogP contribution >= 0.6 is 11.3 Å². The molecule has 0 atom stereocenters. The third-order valence-corrected chi connectivity index (χ3v) is 7.28. The third-order valence-electron chi connectivity index (χ3n) is 6.24. The number of halogens is 1. The number of para-hydroxylation sites is 1. The van der Waals surface area contributed by atoms with Crippen LogP contribution in [-0.4, -0.2) is 62.2 Å². The van der Waals surface area contributed by atoms with Crippen molar-refractivity contribution in [3.05, 3.63) is 65.3 Å². The number of rotatable bonds is 7. The lowest BCUT2D eigenvalue weighted by atomic mass is 10.2. The van der Waals surface area contributed by atoms with Crippen molar-refractivity contribution in [1.82, 2.24) is 15.2 Å². The Morgan fingerprint density at radius 1 is 1.09 bits per heavy atom. The molecule has 2 aromatic carbocycles. The summed E-state index contributed by atoms with van der Waals surface area (Å²) < 4.78 is 19.3. The van der Waals surface area contributed by atoms with E-state index in [0.717, 1.165) is 66.0 Å². The number of carbonyl (C=O) groups excluding carboxylic acids is 1. The number of nitrogens with one attached hydrogen (secondary N) is 1. The van der Waals surface area contributed by atoms with Gasteiger partial charge in [0.2, 0.25) is 0 Å². The first-order valence-electron chi connectivity index (χ1n) is 11.5. The van der Waals surface area contributed by atoms with E-state index in [4.69, 9.17) is 9.72 Å². The molecule has 4 aromatic rings. The van der Waals surface area contributed by atoms with E-state index in [1.54, 1.807) is 13.2 Å². The highest BCUT2D eigenvalue weighted by molar-refractivity contribution is 7.20. The smallest absolute Gasteiger partial charge is 0.261 e. The molecule has 3 heterocycles. The van der Waals surface area contributed by atoms with Crippen LogP contribution in [-0.2, 0) is 0 Å². The molecule has 0 unspecified atom stereocenters. The van der Waals surface area contributed by atoms with Gasteiger partial charge in [-0.25, -0.2) is 9.37 Å².